The lowest BCUT2D eigenvalue weighted by Gasteiger charge is -2.16. The van der Waals surface area contributed by atoms with E-state index in [1.54, 1.807) is 0 Å². The zero-order valence-electron chi connectivity index (χ0n) is 12.4. The van der Waals surface area contributed by atoms with Crippen LogP contribution < -0.4 is 0 Å². The first kappa shape index (κ1) is 15.3. The molecule has 10 heteroatoms. The molecular formula is C12H15BN6S3. The van der Waals surface area contributed by atoms with E-state index in [-0.39, 0.29) is 7.12 Å². The van der Waals surface area contributed by atoms with Gasteiger partial charge in [0.1, 0.15) is 0 Å². The predicted octanol–water partition coefficient (Wildman–Crippen LogP) is 2.22. The Balaban J connectivity index is 2.33. The first-order chi connectivity index (χ1) is 10.4. The SMILES string of the molecule is Cn1ccn(B(n2ccn(C)c2=S)n2ccn(C)c2=S)c1=S. The Morgan fingerprint density at radius 1 is 0.591 bits per heavy atom. The number of nitrogens with zero attached hydrogens (tertiary/aromatic N) is 6. The van der Waals surface area contributed by atoms with Crippen LogP contribution in [-0.2, 0) is 21.1 Å². The Bertz CT molecular complexity index is 868. The van der Waals surface area contributed by atoms with Gasteiger partial charge >= 0.3 is 7.12 Å². The molecule has 0 aliphatic heterocycles. The fourth-order valence-corrected chi connectivity index (χ4v) is 3.02. The van der Waals surface area contributed by atoms with Crippen LogP contribution in [0.1, 0.15) is 0 Å². The highest BCUT2D eigenvalue weighted by atomic mass is 32.1. The smallest absolute Gasteiger partial charge is 0.328 e. The average molecular weight is 350 g/mol. The molecule has 0 amide bonds. The number of aryl methyl sites for hydroxylation is 3. The molecule has 3 aromatic heterocycles. The van der Waals surface area contributed by atoms with Gasteiger partial charge < -0.3 is 27.1 Å². The highest BCUT2D eigenvalue weighted by Crippen LogP contribution is 2.08. The summed E-state index contributed by atoms with van der Waals surface area (Å²) in [6.45, 7) is 0. The molecule has 0 radical (unpaired) electrons. The number of imidazole rings is 3. The summed E-state index contributed by atoms with van der Waals surface area (Å²) < 4.78 is 13.7. The Kier molecular flexibility index (Phi) is 3.83. The molecular weight excluding hydrogens is 335 g/mol. The van der Waals surface area contributed by atoms with Gasteiger partial charge in [0.2, 0.25) is 0 Å². The summed E-state index contributed by atoms with van der Waals surface area (Å²) in [6, 6.07) is 0. The zero-order valence-corrected chi connectivity index (χ0v) is 14.9. The standard InChI is InChI=1S/C12H15BN6S3/c1-14-4-7-17(10(14)20)13(18-8-5-15(2)11(18)21)19-9-6-16(3)12(19)22/h4-9H,1-3H3. The topological polar surface area (TPSA) is 29.6 Å². The Labute approximate surface area is 143 Å². The molecule has 0 atom stereocenters. The number of hydrogen-bond acceptors (Lipinski definition) is 3. The third-order valence-corrected chi connectivity index (χ3v) is 5.16. The van der Waals surface area contributed by atoms with Crippen LogP contribution in [0.3, 0.4) is 0 Å². The van der Waals surface area contributed by atoms with Crippen LogP contribution in [0.4, 0.5) is 0 Å². The third-order valence-electron chi connectivity index (χ3n) is 3.67. The van der Waals surface area contributed by atoms with Crippen LogP contribution in [-0.4, -0.2) is 34.3 Å². The highest BCUT2D eigenvalue weighted by molar-refractivity contribution is 7.71. The van der Waals surface area contributed by atoms with E-state index < -0.39 is 0 Å². The van der Waals surface area contributed by atoms with Gasteiger partial charge in [0.05, 0.1) is 0 Å². The summed E-state index contributed by atoms with van der Waals surface area (Å²) in [7, 11) is 5.50. The predicted molar refractivity (Wildman–Crippen MR) is 94.7 cm³/mol. The molecule has 0 N–H and O–H groups in total. The van der Waals surface area contributed by atoms with E-state index in [4.69, 9.17) is 36.7 Å². The van der Waals surface area contributed by atoms with Crippen LogP contribution in [0.15, 0.2) is 37.2 Å². The molecule has 0 aliphatic rings. The summed E-state index contributed by atoms with van der Waals surface area (Å²) in [6.07, 6.45) is 11.6. The molecule has 0 saturated heterocycles. The minimum Gasteiger partial charge on any atom is -0.328 e. The Hall–Kier alpha value is -1.65. The van der Waals surface area contributed by atoms with Crippen molar-refractivity contribution < 1.29 is 0 Å². The van der Waals surface area contributed by atoms with E-state index in [9.17, 15) is 0 Å². The van der Waals surface area contributed by atoms with Gasteiger partial charge in [-0.15, -0.1) is 0 Å². The van der Waals surface area contributed by atoms with E-state index in [0.29, 0.717) is 14.3 Å². The van der Waals surface area contributed by atoms with Gasteiger partial charge in [-0.25, -0.2) is 0 Å². The van der Waals surface area contributed by atoms with E-state index in [0.717, 1.165) is 0 Å². The second-order valence-corrected chi connectivity index (χ2v) is 6.24. The summed E-state index contributed by atoms with van der Waals surface area (Å²) in [5.41, 5.74) is 0. The van der Waals surface area contributed by atoms with Crippen LogP contribution in [0.2, 0.25) is 0 Å². The van der Waals surface area contributed by atoms with Crippen molar-refractivity contribution in [1.82, 2.24) is 27.1 Å². The Morgan fingerprint density at radius 3 is 1.05 bits per heavy atom. The Morgan fingerprint density at radius 2 is 0.864 bits per heavy atom. The van der Waals surface area contributed by atoms with Gasteiger partial charge in [0.25, 0.3) is 0 Å². The van der Waals surface area contributed by atoms with Crippen molar-refractivity contribution in [3.05, 3.63) is 51.5 Å². The summed E-state index contributed by atoms with van der Waals surface area (Å²) in [5, 5.41) is 0. The van der Waals surface area contributed by atoms with Gasteiger partial charge in [0.15, 0.2) is 14.3 Å². The molecule has 114 valence electrons. The fourth-order valence-electron chi connectivity index (χ4n) is 2.37. The lowest BCUT2D eigenvalue weighted by Crippen LogP contribution is -2.41. The maximum absolute atomic E-state index is 5.52. The number of hydrogen-bond donors (Lipinski definition) is 0. The summed E-state index contributed by atoms with van der Waals surface area (Å²) >= 11 is 16.6. The molecule has 0 aliphatic carbocycles. The molecule has 0 saturated carbocycles. The molecule has 0 unspecified atom stereocenters. The lowest BCUT2D eigenvalue weighted by atomic mass is 9.92. The van der Waals surface area contributed by atoms with Gasteiger partial charge in [-0.1, -0.05) is 0 Å². The van der Waals surface area contributed by atoms with Crippen molar-refractivity contribution in [2.45, 2.75) is 0 Å². The zero-order chi connectivity index (χ0) is 16.0. The van der Waals surface area contributed by atoms with E-state index in [1.165, 1.54) is 0 Å². The van der Waals surface area contributed by atoms with E-state index in [2.05, 4.69) is 0 Å². The van der Waals surface area contributed by atoms with Crippen LogP contribution in [0, 0.1) is 14.3 Å². The molecule has 0 spiro atoms. The molecule has 3 aromatic rings. The molecule has 3 rings (SSSR count). The summed E-state index contributed by atoms with van der Waals surface area (Å²) in [5.74, 6) is 0. The number of rotatable bonds is 3. The first-order valence-corrected chi connectivity index (χ1v) is 7.84. The van der Waals surface area contributed by atoms with Crippen molar-refractivity contribution in [2.24, 2.45) is 21.1 Å². The minimum atomic E-state index is -0.268. The molecule has 0 aromatic carbocycles. The third kappa shape index (κ3) is 2.27. The normalized spacial score (nSPS) is 11.0. The van der Waals surface area contributed by atoms with Gasteiger partial charge in [-0.3, -0.25) is 0 Å². The quantitative estimate of drug-likeness (QED) is 0.536. The van der Waals surface area contributed by atoms with Crippen molar-refractivity contribution in [1.29, 1.82) is 0 Å². The number of aromatic nitrogens is 6. The van der Waals surface area contributed by atoms with Gasteiger partial charge in [-0.2, -0.15) is 0 Å². The molecule has 0 bridgehead atoms. The van der Waals surface area contributed by atoms with E-state index in [1.807, 2.05) is 85.5 Å². The monoisotopic (exact) mass is 350 g/mol. The highest BCUT2D eigenvalue weighted by Gasteiger charge is 2.27. The molecule has 22 heavy (non-hydrogen) atoms. The maximum Gasteiger partial charge on any atom is 0.523 e. The van der Waals surface area contributed by atoms with E-state index >= 15 is 0 Å². The first-order valence-electron chi connectivity index (χ1n) is 6.62. The molecule has 3 heterocycles. The second kappa shape index (κ2) is 5.52. The van der Waals surface area contributed by atoms with Gasteiger partial charge in [0, 0.05) is 58.3 Å². The van der Waals surface area contributed by atoms with Crippen molar-refractivity contribution >= 4 is 43.8 Å². The van der Waals surface area contributed by atoms with Crippen molar-refractivity contribution in [2.75, 3.05) is 0 Å². The average Bonchev–Trinajstić information content (AvgIpc) is 3.10. The fraction of sp³-hybridized carbons (Fsp3) is 0.250. The van der Waals surface area contributed by atoms with Crippen molar-refractivity contribution in [3.8, 4) is 0 Å². The van der Waals surface area contributed by atoms with Crippen LogP contribution in [0.5, 0.6) is 0 Å². The van der Waals surface area contributed by atoms with Crippen molar-refractivity contribution in [3.63, 3.8) is 0 Å². The van der Waals surface area contributed by atoms with Crippen LogP contribution >= 0.6 is 36.7 Å². The maximum atomic E-state index is 5.52. The summed E-state index contributed by atoms with van der Waals surface area (Å²) in [4.78, 5) is 0. The minimum absolute atomic E-state index is 0.268. The molecule has 6 nitrogen and oxygen atoms in total. The van der Waals surface area contributed by atoms with Crippen LogP contribution in [0.25, 0.3) is 0 Å². The van der Waals surface area contributed by atoms with Gasteiger partial charge in [-0.05, 0) is 36.7 Å². The lowest BCUT2D eigenvalue weighted by molar-refractivity contribution is 0.819. The second-order valence-electron chi connectivity index (χ2n) is 5.14. The molecule has 0 fully saturated rings. The largest absolute Gasteiger partial charge is 0.523 e.